The Morgan fingerprint density at radius 3 is 2.76 bits per heavy atom. The molecule has 1 aliphatic heterocycles. The zero-order valence-corrected chi connectivity index (χ0v) is 12.2. The molecule has 92 valence electrons. The van der Waals surface area contributed by atoms with E-state index in [1.807, 2.05) is 18.2 Å². The highest BCUT2D eigenvalue weighted by Crippen LogP contribution is 2.37. The Kier molecular flexibility index (Phi) is 5.20. The Balaban J connectivity index is 1.79. The van der Waals surface area contributed by atoms with Gasteiger partial charge in [0, 0.05) is 5.33 Å². The molecule has 1 nitrogen and oxygen atoms in total. The molecule has 0 saturated heterocycles. The van der Waals surface area contributed by atoms with Crippen molar-refractivity contribution in [3.8, 4) is 0 Å². The van der Waals surface area contributed by atoms with Crippen molar-refractivity contribution in [3.63, 3.8) is 0 Å². The fraction of sp³-hybridized carbons (Fsp3) is 0.286. The molecular weight excluding hydrogens is 296 g/mol. The Morgan fingerprint density at radius 1 is 1.18 bits per heavy atom. The van der Waals surface area contributed by atoms with E-state index in [0.29, 0.717) is 6.61 Å². The van der Waals surface area contributed by atoms with Crippen molar-refractivity contribution in [2.45, 2.75) is 13.0 Å². The summed E-state index contributed by atoms with van der Waals surface area (Å²) in [6.45, 7) is 0.665. The van der Waals surface area contributed by atoms with Gasteiger partial charge in [0.2, 0.25) is 0 Å². The number of alkyl halides is 1. The Bertz CT molecular complexity index is 400. The molecule has 2 rings (SSSR count). The number of ether oxygens (including phenoxy) is 1. The van der Waals surface area contributed by atoms with Gasteiger partial charge < -0.3 is 4.74 Å². The molecule has 0 N–H and O–H groups in total. The molecule has 0 saturated carbocycles. The van der Waals surface area contributed by atoms with E-state index >= 15 is 0 Å². The second-order valence-corrected chi connectivity index (χ2v) is 6.73. The molecule has 0 spiro atoms. The van der Waals surface area contributed by atoms with Crippen LogP contribution in [0.3, 0.4) is 0 Å². The van der Waals surface area contributed by atoms with Crippen LogP contribution in [0.2, 0.25) is 0 Å². The van der Waals surface area contributed by atoms with Gasteiger partial charge in [0.25, 0.3) is 0 Å². The summed E-state index contributed by atoms with van der Waals surface area (Å²) in [5.41, 5.74) is 1.22. The summed E-state index contributed by atoms with van der Waals surface area (Å²) < 4.78 is 5.78. The number of rotatable bonds is 6. The van der Waals surface area contributed by atoms with E-state index in [4.69, 9.17) is 4.74 Å². The molecule has 0 aromatic heterocycles. The van der Waals surface area contributed by atoms with Crippen LogP contribution in [0.25, 0.3) is 0 Å². The third-order valence-electron chi connectivity index (χ3n) is 2.52. The van der Waals surface area contributed by atoms with Crippen molar-refractivity contribution in [1.29, 1.82) is 0 Å². The lowest BCUT2D eigenvalue weighted by atomic mass is 10.2. The second-order valence-electron chi connectivity index (χ2n) is 3.90. The van der Waals surface area contributed by atoms with Gasteiger partial charge in [0.1, 0.15) is 12.4 Å². The average molecular weight is 313 g/mol. The fourth-order valence-electron chi connectivity index (χ4n) is 1.63. The van der Waals surface area contributed by atoms with Gasteiger partial charge in [0.15, 0.2) is 0 Å². The molecule has 0 radical (unpaired) electrons. The third-order valence-corrected chi connectivity index (χ3v) is 5.03. The highest BCUT2D eigenvalue weighted by Gasteiger charge is 2.06. The van der Waals surface area contributed by atoms with Gasteiger partial charge in [-0.3, -0.25) is 0 Å². The molecule has 1 atom stereocenters. The first kappa shape index (κ1) is 12.8. The van der Waals surface area contributed by atoms with Crippen molar-refractivity contribution in [3.05, 3.63) is 58.5 Å². The van der Waals surface area contributed by atoms with E-state index < -0.39 is 0 Å². The van der Waals surface area contributed by atoms with Crippen molar-refractivity contribution in [2.75, 3.05) is 11.1 Å². The van der Waals surface area contributed by atoms with Gasteiger partial charge in [0.05, 0.1) is 0 Å². The normalized spacial score (nSPS) is 20.3. The molecule has 1 unspecified atom stereocenters. The van der Waals surface area contributed by atoms with Crippen LogP contribution in [0.5, 0.6) is 0 Å². The summed E-state index contributed by atoms with van der Waals surface area (Å²) >= 11 is 3.47. The zero-order valence-electron chi connectivity index (χ0n) is 9.68. The van der Waals surface area contributed by atoms with Crippen LogP contribution in [0.15, 0.2) is 53.0 Å². The monoisotopic (exact) mass is 312 g/mol. The number of benzene rings is 1. The van der Waals surface area contributed by atoms with E-state index in [1.165, 1.54) is 17.7 Å². The van der Waals surface area contributed by atoms with Gasteiger partial charge >= 0.3 is 0 Å². The summed E-state index contributed by atoms with van der Waals surface area (Å²) in [6, 6.07) is 10.3. The number of allylic oxidation sites excluding steroid dienone is 1. The molecule has 1 aliphatic rings. The lowest BCUT2D eigenvalue weighted by Gasteiger charge is -2.08. The van der Waals surface area contributed by atoms with Crippen LogP contribution in [0.4, 0.5) is 0 Å². The maximum Gasteiger partial charge on any atom is 0.125 e. The summed E-state index contributed by atoms with van der Waals surface area (Å²) in [5.74, 6) is 2.30. The predicted octanol–water partition coefficient (Wildman–Crippen LogP) is 4.36. The highest BCUT2D eigenvalue weighted by atomic mass is 79.9. The van der Waals surface area contributed by atoms with Gasteiger partial charge in [-0.2, -0.15) is 0 Å². The largest absolute Gasteiger partial charge is 0.488 e. The van der Waals surface area contributed by atoms with E-state index in [-0.39, 0.29) is 10.9 Å². The number of halogens is 1. The molecule has 0 aliphatic carbocycles. The maximum atomic E-state index is 5.78. The van der Waals surface area contributed by atoms with Gasteiger partial charge in [-0.25, -0.2) is 10.9 Å². The molecule has 0 fully saturated rings. The Hall–Kier alpha value is -0.670. The SMILES string of the molecule is BrCCC[SH]1C=CC(OCc2ccccc2)=C1. The van der Waals surface area contributed by atoms with E-state index in [1.54, 1.807) is 0 Å². The van der Waals surface area contributed by atoms with Crippen LogP contribution in [-0.4, -0.2) is 11.1 Å². The van der Waals surface area contributed by atoms with Gasteiger partial charge in [-0.15, -0.1) is 0 Å². The van der Waals surface area contributed by atoms with E-state index in [2.05, 4.69) is 45.0 Å². The van der Waals surface area contributed by atoms with E-state index in [0.717, 1.165) is 11.1 Å². The molecule has 0 bridgehead atoms. The fourth-order valence-corrected chi connectivity index (χ4v) is 4.05. The third kappa shape index (κ3) is 4.25. The summed E-state index contributed by atoms with van der Waals surface area (Å²) in [4.78, 5) is 0. The summed E-state index contributed by atoms with van der Waals surface area (Å²) in [5, 5.41) is 5.66. The Labute approximate surface area is 114 Å². The van der Waals surface area contributed by atoms with Crippen molar-refractivity contribution in [2.24, 2.45) is 0 Å². The van der Waals surface area contributed by atoms with Crippen LogP contribution in [0, 0.1) is 0 Å². The molecule has 3 heteroatoms. The number of hydrogen-bond donors (Lipinski definition) is 1. The highest BCUT2D eigenvalue weighted by molar-refractivity contribution is 9.09. The first-order chi connectivity index (χ1) is 8.38. The van der Waals surface area contributed by atoms with Crippen LogP contribution >= 0.6 is 26.8 Å². The Morgan fingerprint density at radius 2 is 2.00 bits per heavy atom. The minimum atomic E-state index is -0.0684. The molecule has 1 heterocycles. The molecule has 17 heavy (non-hydrogen) atoms. The first-order valence-corrected chi connectivity index (χ1v) is 8.55. The molecular formula is C14H17BrOS. The summed E-state index contributed by atoms with van der Waals surface area (Å²) in [7, 11) is -0.0684. The van der Waals surface area contributed by atoms with E-state index in [9.17, 15) is 0 Å². The average Bonchev–Trinajstić information content (AvgIpc) is 2.83. The van der Waals surface area contributed by atoms with Gasteiger partial charge in [-0.05, 0) is 34.6 Å². The summed E-state index contributed by atoms with van der Waals surface area (Å²) in [6.07, 6.45) is 3.35. The van der Waals surface area contributed by atoms with Crippen molar-refractivity contribution < 1.29 is 4.74 Å². The molecule has 1 aromatic rings. The maximum absolute atomic E-state index is 5.78. The topological polar surface area (TPSA) is 9.23 Å². The molecule has 1 aromatic carbocycles. The standard InChI is InChI=1S/C14H17BrOS/c15-8-4-9-17-10-7-14(12-17)16-11-13-5-2-1-3-6-13/h1-3,5-7,10,12,17H,4,8-9,11H2. The quantitative estimate of drug-likeness (QED) is 0.606. The molecule has 0 amide bonds. The van der Waals surface area contributed by atoms with Crippen LogP contribution < -0.4 is 0 Å². The van der Waals surface area contributed by atoms with Crippen molar-refractivity contribution >= 4 is 26.8 Å². The lowest BCUT2D eigenvalue weighted by molar-refractivity contribution is 0.212. The zero-order chi connectivity index (χ0) is 11.9. The first-order valence-electron chi connectivity index (χ1n) is 5.77. The number of thiol groups is 1. The minimum absolute atomic E-state index is 0.0684. The van der Waals surface area contributed by atoms with Crippen molar-refractivity contribution in [1.82, 2.24) is 0 Å². The van der Waals surface area contributed by atoms with Crippen LogP contribution in [0.1, 0.15) is 12.0 Å². The smallest absolute Gasteiger partial charge is 0.125 e. The minimum Gasteiger partial charge on any atom is -0.488 e. The predicted molar refractivity (Wildman–Crippen MR) is 80.7 cm³/mol. The van der Waals surface area contributed by atoms with Gasteiger partial charge in [-0.1, -0.05) is 46.3 Å². The number of hydrogen-bond acceptors (Lipinski definition) is 1. The lowest BCUT2D eigenvalue weighted by Crippen LogP contribution is -1.90. The second kappa shape index (κ2) is 6.92. The van der Waals surface area contributed by atoms with Crippen LogP contribution in [-0.2, 0) is 11.3 Å².